The van der Waals surface area contributed by atoms with Crippen molar-refractivity contribution in [1.29, 1.82) is 0 Å². The molecule has 0 spiro atoms. The lowest BCUT2D eigenvalue weighted by molar-refractivity contribution is 0.0473. The number of aromatic nitrogens is 3. The van der Waals surface area contributed by atoms with Crippen molar-refractivity contribution in [2.75, 3.05) is 24.5 Å². The van der Waals surface area contributed by atoms with E-state index in [1.165, 1.54) is 12.1 Å². The lowest BCUT2D eigenvalue weighted by Crippen LogP contribution is -2.50. The van der Waals surface area contributed by atoms with E-state index in [2.05, 4.69) is 32.1 Å². The second kappa shape index (κ2) is 11.2. The van der Waals surface area contributed by atoms with E-state index >= 15 is 0 Å². The first kappa shape index (κ1) is 25.0. The number of esters is 1. The van der Waals surface area contributed by atoms with Crippen LogP contribution in [0.1, 0.15) is 35.7 Å². The molecule has 0 bridgehead atoms. The first-order valence-electron chi connectivity index (χ1n) is 12.3. The Bertz CT molecular complexity index is 1410. The number of halogens is 2. The highest BCUT2D eigenvalue weighted by molar-refractivity contribution is 6.32. The number of pyridine rings is 1. The molecule has 1 N–H and O–H groups in total. The summed E-state index contributed by atoms with van der Waals surface area (Å²) in [5.41, 5.74) is 3.31. The molecule has 7 nitrogen and oxygen atoms in total. The Morgan fingerprint density at radius 1 is 1.14 bits per heavy atom. The molecule has 1 aliphatic rings. The summed E-state index contributed by atoms with van der Waals surface area (Å²) in [7, 11) is 0. The summed E-state index contributed by atoms with van der Waals surface area (Å²) in [4.78, 5) is 28.6. The number of carbonyl (C=O) groups is 1. The molecule has 1 saturated heterocycles. The molecule has 5 rings (SSSR count). The normalized spacial score (nSPS) is 15.6. The van der Waals surface area contributed by atoms with Gasteiger partial charge in [0.15, 0.2) is 5.15 Å². The maximum Gasteiger partial charge on any atom is 0.338 e. The molecule has 1 unspecified atom stereocenters. The van der Waals surface area contributed by atoms with Crippen LogP contribution in [0, 0.1) is 5.82 Å². The predicted molar refractivity (Wildman–Crippen MR) is 142 cm³/mol. The van der Waals surface area contributed by atoms with Gasteiger partial charge in [-0.25, -0.2) is 24.1 Å². The first-order chi connectivity index (χ1) is 18.0. The molecule has 2 aromatic carbocycles. The Morgan fingerprint density at radius 2 is 1.97 bits per heavy atom. The maximum absolute atomic E-state index is 13.3. The van der Waals surface area contributed by atoms with Crippen LogP contribution in [-0.2, 0) is 11.3 Å². The smallest absolute Gasteiger partial charge is 0.338 e. The minimum atomic E-state index is -0.467. The number of piperazine rings is 1. The molecule has 0 saturated carbocycles. The van der Waals surface area contributed by atoms with E-state index < -0.39 is 5.97 Å². The standard InChI is InChI=1S/C28H27ClFN5O2/c1-2-3-22-16-35(13-12-31-22)25-14-18(10-11-32-25)17-37-28(36)20-6-9-23-24(15-20)33-26(27(29)34-23)19-4-7-21(30)8-5-19/h4-11,14-15,22,31H,2-3,12-13,16-17H2,1H3. The third-order valence-corrected chi connectivity index (χ3v) is 6.64. The maximum atomic E-state index is 13.3. The number of fused-ring (bicyclic) bond motifs is 1. The van der Waals surface area contributed by atoms with Gasteiger partial charge in [0.1, 0.15) is 23.9 Å². The fourth-order valence-electron chi connectivity index (χ4n) is 4.48. The van der Waals surface area contributed by atoms with Crippen LogP contribution in [-0.4, -0.2) is 46.6 Å². The molecule has 3 heterocycles. The number of nitrogens with zero attached hydrogens (tertiary/aromatic N) is 4. The van der Waals surface area contributed by atoms with Gasteiger partial charge < -0.3 is 15.0 Å². The number of rotatable bonds is 7. The molecule has 190 valence electrons. The largest absolute Gasteiger partial charge is 0.457 e. The van der Waals surface area contributed by atoms with Crippen molar-refractivity contribution in [2.45, 2.75) is 32.4 Å². The monoisotopic (exact) mass is 519 g/mol. The van der Waals surface area contributed by atoms with Crippen LogP contribution in [0.15, 0.2) is 60.8 Å². The first-order valence-corrected chi connectivity index (χ1v) is 12.7. The third kappa shape index (κ3) is 5.87. The van der Waals surface area contributed by atoms with Crippen molar-refractivity contribution in [3.63, 3.8) is 0 Å². The second-order valence-corrected chi connectivity index (χ2v) is 9.42. The lowest BCUT2D eigenvalue weighted by atomic mass is 10.1. The highest BCUT2D eigenvalue weighted by atomic mass is 35.5. The summed E-state index contributed by atoms with van der Waals surface area (Å²) < 4.78 is 18.9. The van der Waals surface area contributed by atoms with Crippen molar-refractivity contribution < 1.29 is 13.9 Å². The third-order valence-electron chi connectivity index (χ3n) is 6.37. The Labute approximate surface area is 219 Å². The molecule has 0 aliphatic carbocycles. The van der Waals surface area contributed by atoms with E-state index in [0.29, 0.717) is 33.9 Å². The number of anilines is 1. The summed E-state index contributed by atoms with van der Waals surface area (Å²) in [6.07, 6.45) is 4.01. The van der Waals surface area contributed by atoms with Crippen LogP contribution in [0.5, 0.6) is 0 Å². The van der Waals surface area contributed by atoms with E-state index in [-0.39, 0.29) is 17.6 Å². The average Bonchev–Trinajstić information content (AvgIpc) is 2.92. The minimum absolute atomic E-state index is 0.129. The minimum Gasteiger partial charge on any atom is -0.457 e. The zero-order valence-corrected chi connectivity index (χ0v) is 21.2. The van der Waals surface area contributed by atoms with Crippen molar-refractivity contribution in [1.82, 2.24) is 20.3 Å². The lowest BCUT2D eigenvalue weighted by Gasteiger charge is -2.34. The fourth-order valence-corrected chi connectivity index (χ4v) is 4.72. The summed E-state index contributed by atoms with van der Waals surface area (Å²) >= 11 is 6.32. The molecule has 1 aliphatic heterocycles. The Morgan fingerprint density at radius 3 is 2.78 bits per heavy atom. The van der Waals surface area contributed by atoms with Gasteiger partial charge in [-0.3, -0.25) is 0 Å². The molecule has 1 atom stereocenters. The van der Waals surface area contributed by atoms with Crippen LogP contribution in [0.2, 0.25) is 5.15 Å². The summed E-state index contributed by atoms with van der Waals surface area (Å²) in [6, 6.07) is 15.1. The van der Waals surface area contributed by atoms with Gasteiger partial charge in [0.25, 0.3) is 0 Å². The zero-order valence-electron chi connectivity index (χ0n) is 20.5. The molecule has 4 aromatic rings. The van der Waals surface area contributed by atoms with E-state index in [9.17, 15) is 9.18 Å². The van der Waals surface area contributed by atoms with Crippen LogP contribution in [0.3, 0.4) is 0 Å². The number of ether oxygens (including phenoxy) is 1. The average molecular weight is 520 g/mol. The van der Waals surface area contributed by atoms with E-state index in [4.69, 9.17) is 16.3 Å². The van der Waals surface area contributed by atoms with Gasteiger partial charge in [-0.1, -0.05) is 24.9 Å². The van der Waals surface area contributed by atoms with Crippen molar-refractivity contribution in [3.05, 3.63) is 82.9 Å². The van der Waals surface area contributed by atoms with Crippen molar-refractivity contribution in [2.24, 2.45) is 0 Å². The number of hydrogen-bond donors (Lipinski definition) is 1. The Balaban J connectivity index is 1.29. The zero-order chi connectivity index (χ0) is 25.8. The topological polar surface area (TPSA) is 80.2 Å². The quantitative estimate of drug-likeness (QED) is 0.326. The van der Waals surface area contributed by atoms with Gasteiger partial charge >= 0.3 is 5.97 Å². The molecule has 37 heavy (non-hydrogen) atoms. The molecular weight excluding hydrogens is 493 g/mol. The van der Waals surface area contributed by atoms with Gasteiger partial charge in [-0.05, 0) is 66.6 Å². The van der Waals surface area contributed by atoms with E-state index in [1.54, 1.807) is 36.5 Å². The van der Waals surface area contributed by atoms with Gasteiger partial charge in [0.2, 0.25) is 0 Å². The van der Waals surface area contributed by atoms with Crippen LogP contribution in [0.25, 0.3) is 22.3 Å². The van der Waals surface area contributed by atoms with Crippen LogP contribution < -0.4 is 10.2 Å². The molecule has 9 heteroatoms. The van der Waals surface area contributed by atoms with Crippen LogP contribution >= 0.6 is 11.6 Å². The van der Waals surface area contributed by atoms with Gasteiger partial charge in [-0.2, -0.15) is 0 Å². The highest BCUT2D eigenvalue weighted by Crippen LogP contribution is 2.27. The summed E-state index contributed by atoms with van der Waals surface area (Å²) in [5, 5.41) is 3.75. The number of nitrogens with one attached hydrogen (secondary N) is 1. The second-order valence-electron chi connectivity index (χ2n) is 9.06. The number of benzene rings is 2. The molecule has 0 amide bonds. The highest BCUT2D eigenvalue weighted by Gasteiger charge is 2.20. The summed E-state index contributed by atoms with van der Waals surface area (Å²) in [5.74, 6) is 0.0708. The van der Waals surface area contributed by atoms with Crippen molar-refractivity contribution >= 4 is 34.4 Å². The number of carbonyl (C=O) groups excluding carboxylic acids is 1. The summed E-state index contributed by atoms with van der Waals surface area (Å²) in [6.45, 7) is 5.04. The van der Waals surface area contributed by atoms with Crippen LogP contribution in [0.4, 0.5) is 10.2 Å². The molecule has 1 fully saturated rings. The molecule has 0 radical (unpaired) electrons. The van der Waals surface area contributed by atoms with Crippen molar-refractivity contribution in [3.8, 4) is 11.3 Å². The molecule has 2 aromatic heterocycles. The van der Waals surface area contributed by atoms with E-state index in [0.717, 1.165) is 43.9 Å². The SMILES string of the molecule is CCCC1CN(c2cc(COC(=O)c3ccc4nc(Cl)c(-c5ccc(F)cc5)nc4c3)ccn2)CCN1. The van der Waals surface area contributed by atoms with Gasteiger partial charge in [-0.15, -0.1) is 0 Å². The van der Waals surface area contributed by atoms with Gasteiger partial charge in [0, 0.05) is 37.4 Å². The number of hydrogen-bond acceptors (Lipinski definition) is 7. The Kier molecular flexibility index (Phi) is 7.58. The predicted octanol–water partition coefficient (Wildman–Crippen LogP) is 5.42. The van der Waals surface area contributed by atoms with Gasteiger partial charge in [0.05, 0.1) is 16.6 Å². The molecular formula is C28H27ClFN5O2. The Hall–Kier alpha value is -3.62. The van der Waals surface area contributed by atoms with E-state index in [1.807, 2.05) is 12.1 Å². The fraction of sp³-hybridized carbons (Fsp3) is 0.286.